The Morgan fingerprint density at radius 1 is 1.15 bits per heavy atom. The minimum atomic E-state index is -0.385. The van der Waals surface area contributed by atoms with Crippen molar-refractivity contribution in [2.24, 2.45) is 0 Å². The van der Waals surface area contributed by atoms with Crippen LogP contribution in [0.15, 0.2) is 46.9 Å². The molecule has 0 saturated carbocycles. The van der Waals surface area contributed by atoms with Crippen LogP contribution in [-0.4, -0.2) is 5.97 Å². The molecule has 0 radical (unpaired) electrons. The summed E-state index contributed by atoms with van der Waals surface area (Å²) in [5, 5.41) is 0. The number of nitrogens with two attached hydrogens (primary N) is 1. The molecule has 0 fully saturated rings. The Bertz CT molecular complexity index is 608. The molecular weight excluding hydrogens is 318 g/mol. The molecular formula is C16H16BrNO2. The maximum atomic E-state index is 12.0. The summed E-state index contributed by atoms with van der Waals surface area (Å²) < 4.78 is 5.87. The van der Waals surface area contributed by atoms with Crippen LogP contribution < -0.4 is 5.73 Å². The molecule has 104 valence electrons. The summed E-state index contributed by atoms with van der Waals surface area (Å²) in [6.45, 7) is 2.36. The maximum absolute atomic E-state index is 12.0. The van der Waals surface area contributed by atoms with Gasteiger partial charge in [0, 0.05) is 5.69 Å². The molecule has 2 aromatic carbocycles. The molecule has 20 heavy (non-hydrogen) atoms. The number of halogens is 1. The Hall–Kier alpha value is -1.81. The van der Waals surface area contributed by atoms with Crippen LogP contribution in [0.25, 0.3) is 0 Å². The molecule has 0 aliphatic heterocycles. The van der Waals surface area contributed by atoms with Gasteiger partial charge in [-0.1, -0.05) is 37.3 Å². The number of esters is 1. The Labute approximate surface area is 126 Å². The van der Waals surface area contributed by atoms with E-state index >= 15 is 0 Å². The standard InChI is InChI=1S/C16H16BrNO2/c1-2-11-6-8-12(9-7-11)10-20-16(19)13-4-3-5-14(18)15(13)17/h3-9H,2,10,18H2,1H3. The van der Waals surface area contributed by atoms with Gasteiger partial charge in [0.05, 0.1) is 10.0 Å². The van der Waals surface area contributed by atoms with Crippen molar-refractivity contribution in [2.45, 2.75) is 20.0 Å². The zero-order valence-electron chi connectivity index (χ0n) is 11.2. The third kappa shape index (κ3) is 3.39. The molecule has 0 saturated heterocycles. The fourth-order valence-corrected chi connectivity index (χ4v) is 2.23. The van der Waals surface area contributed by atoms with Crippen LogP contribution in [-0.2, 0) is 17.8 Å². The minimum Gasteiger partial charge on any atom is -0.457 e. The van der Waals surface area contributed by atoms with Crippen molar-refractivity contribution >= 4 is 27.6 Å². The predicted octanol–water partition coefficient (Wildman–Crippen LogP) is 3.95. The summed E-state index contributed by atoms with van der Waals surface area (Å²) in [5.41, 5.74) is 8.93. The quantitative estimate of drug-likeness (QED) is 0.680. The fraction of sp³-hybridized carbons (Fsp3) is 0.188. The highest BCUT2D eigenvalue weighted by molar-refractivity contribution is 9.10. The van der Waals surface area contributed by atoms with Crippen LogP contribution in [0.3, 0.4) is 0 Å². The average Bonchev–Trinajstić information content (AvgIpc) is 2.48. The van der Waals surface area contributed by atoms with Crippen molar-refractivity contribution in [3.63, 3.8) is 0 Å². The summed E-state index contributed by atoms with van der Waals surface area (Å²) in [4.78, 5) is 12.0. The van der Waals surface area contributed by atoms with E-state index in [1.807, 2.05) is 24.3 Å². The van der Waals surface area contributed by atoms with Crippen LogP contribution in [0.5, 0.6) is 0 Å². The van der Waals surface area contributed by atoms with E-state index in [1.54, 1.807) is 18.2 Å². The van der Waals surface area contributed by atoms with Crippen molar-refractivity contribution in [3.8, 4) is 0 Å². The first-order chi connectivity index (χ1) is 9.61. The van der Waals surface area contributed by atoms with Gasteiger partial charge in [-0.3, -0.25) is 0 Å². The Morgan fingerprint density at radius 3 is 2.45 bits per heavy atom. The molecule has 0 unspecified atom stereocenters. The minimum absolute atomic E-state index is 0.254. The average molecular weight is 334 g/mol. The van der Waals surface area contributed by atoms with E-state index in [-0.39, 0.29) is 12.6 Å². The number of anilines is 1. The highest BCUT2D eigenvalue weighted by Crippen LogP contribution is 2.24. The van der Waals surface area contributed by atoms with Crippen LogP contribution in [0.1, 0.15) is 28.4 Å². The van der Waals surface area contributed by atoms with Gasteiger partial charge in [0.1, 0.15) is 6.61 Å². The molecule has 2 N–H and O–H groups in total. The Balaban J connectivity index is 2.02. The fourth-order valence-electron chi connectivity index (χ4n) is 1.81. The highest BCUT2D eigenvalue weighted by atomic mass is 79.9. The molecule has 2 aromatic rings. The topological polar surface area (TPSA) is 52.3 Å². The lowest BCUT2D eigenvalue weighted by atomic mass is 10.1. The van der Waals surface area contributed by atoms with Gasteiger partial charge in [0.15, 0.2) is 0 Å². The second kappa shape index (κ2) is 6.57. The Kier molecular flexibility index (Phi) is 4.79. The third-order valence-electron chi connectivity index (χ3n) is 3.05. The SMILES string of the molecule is CCc1ccc(COC(=O)c2cccc(N)c2Br)cc1. The summed E-state index contributed by atoms with van der Waals surface area (Å²) in [6.07, 6.45) is 0.996. The third-order valence-corrected chi connectivity index (χ3v) is 3.93. The molecule has 0 heterocycles. The number of hydrogen-bond acceptors (Lipinski definition) is 3. The zero-order valence-corrected chi connectivity index (χ0v) is 12.8. The maximum Gasteiger partial charge on any atom is 0.339 e. The number of benzene rings is 2. The van der Waals surface area contributed by atoms with E-state index in [2.05, 4.69) is 22.9 Å². The van der Waals surface area contributed by atoms with Crippen LogP contribution in [0.2, 0.25) is 0 Å². The molecule has 0 spiro atoms. The van der Waals surface area contributed by atoms with E-state index < -0.39 is 0 Å². The van der Waals surface area contributed by atoms with Crippen molar-refractivity contribution < 1.29 is 9.53 Å². The number of rotatable bonds is 4. The molecule has 0 bridgehead atoms. The molecule has 3 nitrogen and oxygen atoms in total. The highest BCUT2D eigenvalue weighted by Gasteiger charge is 2.13. The summed E-state index contributed by atoms with van der Waals surface area (Å²) in [6, 6.07) is 13.2. The smallest absolute Gasteiger partial charge is 0.339 e. The number of hydrogen-bond donors (Lipinski definition) is 1. The van der Waals surface area contributed by atoms with Gasteiger partial charge in [0.25, 0.3) is 0 Å². The lowest BCUT2D eigenvalue weighted by Crippen LogP contribution is -2.07. The molecule has 2 rings (SSSR count). The lowest BCUT2D eigenvalue weighted by molar-refractivity contribution is 0.0471. The molecule has 0 aliphatic carbocycles. The van der Waals surface area contributed by atoms with E-state index in [4.69, 9.17) is 10.5 Å². The first kappa shape index (κ1) is 14.6. The lowest BCUT2D eigenvalue weighted by Gasteiger charge is -2.08. The van der Waals surface area contributed by atoms with Crippen molar-refractivity contribution in [1.29, 1.82) is 0 Å². The molecule has 0 atom stereocenters. The normalized spacial score (nSPS) is 10.3. The summed E-state index contributed by atoms with van der Waals surface area (Å²) in [5.74, 6) is -0.385. The van der Waals surface area contributed by atoms with Crippen LogP contribution in [0, 0.1) is 0 Å². The monoisotopic (exact) mass is 333 g/mol. The molecule has 4 heteroatoms. The van der Waals surface area contributed by atoms with Crippen LogP contribution in [0.4, 0.5) is 5.69 Å². The van der Waals surface area contributed by atoms with Gasteiger partial charge in [0.2, 0.25) is 0 Å². The van der Waals surface area contributed by atoms with Crippen molar-refractivity contribution in [2.75, 3.05) is 5.73 Å². The van der Waals surface area contributed by atoms with Crippen molar-refractivity contribution in [3.05, 3.63) is 63.6 Å². The number of aryl methyl sites for hydroxylation is 1. The molecule has 0 aliphatic rings. The van der Waals surface area contributed by atoms with E-state index in [1.165, 1.54) is 5.56 Å². The van der Waals surface area contributed by atoms with Gasteiger partial charge < -0.3 is 10.5 Å². The first-order valence-corrected chi connectivity index (χ1v) is 7.20. The van der Waals surface area contributed by atoms with E-state index in [0.29, 0.717) is 15.7 Å². The summed E-state index contributed by atoms with van der Waals surface area (Å²) in [7, 11) is 0. The number of carbonyl (C=O) groups is 1. The predicted molar refractivity (Wildman–Crippen MR) is 83.5 cm³/mol. The molecule has 0 aromatic heterocycles. The van der Waals surface area contributed by atoms with E-state index in [9.17, 15) is 4.79 Å². The zero-order chi connectivity index (χ0) is 14.5. The second-order valence-corrected chi connectivity index (χ2v) is 5.25. The molecule has 0 amide bonds. The Morgan fingerprint density at radius 2 is 1.80 bits per heavy atom. The largest absolute Gasteiger partial charge is 0.457 e. The van der Waals surface area contributed by atoms with E-state index in [0.717, 1.165) is 12.0 Å². The van der Waals surface area contributed by atoms with Gasteiger partial charge in [-0.2, -0.15) is 0 Å². The van der Waals surface area contributed by atoms with Crippen LogP contribution >= 0.6 is 15.9 Å². The second-order valence-electron chi connectivity index (χ2n) is 4.45. The number of ether oxygens (including phenoxy) is 1. The van der Waals surface area contributed by atoms with Gasteiger partial charge in [-0.05, 0) is 45.6 Å². The number of nitrogen functional groups attached to an aromatic ring is 1. The summed E-state index contributed by atoms with van der Waals surface area (Å²) >= 11 is 3.30. The first-order valence-electron chi connectivity index (χ1n) is 6.40. The van der Waals surface area contributed by atoms with Gasteiger partial charge >= 0.3 is 5.97 Å². The van der Waals surface area contributed by atoms with Gasteiger partial charge in [-0.15, -0.1) is 0 Å². The van der Waals surface area contributed by atoms with Gasteiger partial charge in [-0.25, -0.2) is 4.79 Å². The number of carbonyl (C=O) groups excluding carboxylic acids is 1. The van der Waals surface area contributed by atoms with Crippen molar-refractivity contribution in [1.82, 2.24) is 0 Å².